The molecule has 2 heteroatoms. The van der Waals surface area contributed by atoms with Crippen LogP contribution in [0.2, 0.25) is 0 Å². The highest BCUT2D eigenvalue weighted by Gasteiger charge is 2.18. The molecule has 0 aliphatic carbocycles. The smallest absolute Gasteiger partial charge is 0.0317 e. The van der Waals surface area contributed by atoms with Crippen molar-refractivity contribution in [2.45, 2.75) is 33.5 Å². The molecule has 0 saturated heterocycles. The number of rotatable bonds is 2. The molecule has 1 heterocycles. The standard InChI is InChI=1S/C17H20N2/c1-12-3-4-14(7-13(12)2)9-19-10-15-5-6-17(18)8-16(15)11-19/h3-8H,9-11,18H2,1-2H3. The number of nitrogens with two attached hydrogens (primary N) is 1. The SMILES string of the molecule is Cc1ccc(CN2Cc3ccc(N)cc3C2)cc1C. The number of hydrogen-bond acceptors (Lipinski definition) is 2. The Morgan fingerprint density at radius 1 is 0.947 bits per heavy atom. The van der Waals surface area contributed by atoms with E-state index in [1.165, 1.54) is 27.8 Å². The lowest BCUT2D eigenvalue weighted by Crippen LogP contribution is -2.15. The van der Waals surface area contributed by atoms with E-state index in [1.807, 2.05) is 6.07 Å². The third-order valence-corrected chi connectivity index (χ3v) is 4.00. The molecule has 2 N–H and O–H groups in total. The summed E-state index contributed by atoms with van der Waals surface area (Å²) in [7, 11) is 0. The zero-order chi connectivity index (χ0) is 13.4. The van der Waals surface area contributed by atoms with Crippen LogP contribution in [0.1, 0.15) is 27.8 Å². The third kappa shape index (κ3) is 2.49. The molecule has 1 aliphatic rings. The van der Waals surface area contributed by atoms with Gasteiger partial charge in [0.25, 0.3) is 0 Å². The monoisotopic (exact) mass is 252 g/mol. The first-order chi connectivity index (χ1) is 9.11. The molecule has 0 radical (unpaired) electrons. The molecule has 2 nitrogen and oxygen atoms in total. The van der Waals surface area contributed by atoms with Crippen molar-refractivity contribution in [1.29, 1.82) is 0 Å². The molecule has 0 spiro atoms. The van der Waals surface area contributed by atoms with Crippen LogP contribution in [0.3, 0.4) is 0 Å². The van der Waals surface area contributed by atoms with E-state index < -0.39 is 0 Å². The lowest BCUT2D eigenvalue weighted by atomic mass is 10.1. The van der Waals surface area contributed by atoms with Gasteiger partial charge < -0.3 is 5.73 Å². The van der Waals surface area contributed by atoms with Crippen molar-refractivity contribution in [3.05, 3.63) is 64.2 Å². The molecular formula is C17H20N2. The maximum atomic E-state index is 5.85. The third-order valence-electron chi connectivity index (χ3n) is 4.00. The van der Waals surface area contributed by atoms with Gasteiger partial charge in [0.15, 0.2) is 0 Å². The Balaban J connectivity index is 1.75. The summed E-state index contributed by atoms with van der Waals surface area (Å²) in [5, 5.41) is 0. The average Bonchev–Trinajstić information content (AvgIpc) is 2.75. The second kappa shape index (κ2) is 4.71. The molecule has 98 valence electrons. The van der Waals surface area contributed by atoms with Crippen LogP contribution in [0.4, 0.5) is 5.69 Å². The summed E-state index contributed by atoms with van der Waals surface area (Å²) < 4.78 is 0. The number of nitrogens with zero attached hydrogens (tertiary/aromatic N) is 1. The number of benzene rings is 2. The predicted molar refractivity (Wildman–Crippen MR) is 79.7 cm³/mol. The minimum Gasteiger partial charge on any atom is -0.399 e. The van der Waals surface area contributed by atoms with Crippen LogP contribution in [-0.4, -0.2) is 4.90 Å². The van der Waals surface area contributed by atoms with Crippen molar-refractivity contribution < 1.29 is 0 Å². The van der Waals surface area contributed by atoms with Crippen LogP contribution in [0.5, 0.6) is 0 Å². The van der Waals surface area contributed by atoms with Gasteiger partial charge in [-0.2, -0.15) is 0 Å². The van der Waals surface area contributed by atoms with E-state index in [0.29, 0.717) is 0 Å². The fraction of sp³-hybridized carbons (Fsp3) is 0.294. The molecule has 1 aliphatic heterocycles. The molecule has 0 amide bonds. The largest absolute Gasteiger partial charge is 0.399 e. The summed E-state index contributed by atoms with van der Waals surface area (Å²) in [5.74, 6) is 0. The van der Waals surface area contributed by atoms with Gasteiger partial charge >= 0.3 is 0 Å². The predicted octanol–water partition coefficient (Wildman–Crippen LogP) is 3.40. The molecule has 19 heavy (non-hydrogen) atoms. The van der Waals surface area contributed by atoms with Gasteiger partial charge in [0.05, 0.1) is 0 Å². The van der Waals surface area contributed by atoms with Crippen molar-refractivity contribution in [3.63, 3.8) is 0 Å². The lowest BCUT2D eigenvalue weighted by molar-refractivity contribution is 0.275. The second-order valence-electron chi connectivity index (χ2n) is 5.59. The van der Waals surface area contributed by atoms with Crippen LogP contribution < -0.4 is 5.73 Å². The molecule has 0 unspecified atom stereocenters. The normalized spacial score (nSPS) is 14.6. The Bertz CT molecular complexity index is 617. The molecule has 2 aromatic rings. The van der Waals surface area contributed by atoms with Gasteiger partial charge in [0.2, 0.25) is 0 Å². The highest BCUT2D eigenvalue weighted by molar-refractivity contribution is 5.46. The summed E-state index contributed by atoms with van der Waals surface area (Å²) in [4.78, 5) is 2.47. The molecule has 3 rings (SSSR count). The number of aryl methyl sites for hydroxylation is 2. The topological polar surface area (TPSA) is 29.3 Å². The molecule has 0 atom stereocenters. The number of nitrogen functional groups attached to an aromatic ring is 1. The number of anilines is 1. The van der Waals surface area contributed by atoms with E-state index in [0.717, 1.165) is 25.3 Å². The van der Waals surface area contributed by atoms with Crippen LogP contribution in [-0.2, 0) is 19.6 Å². The summed E-state index contributed by atoms with van der Waals surface area (Å²) in [6.45, 7) is 7.39. The van der Waals surface area contributed by atoms with E-state index in [9.17, 15) is 0 Å². The van der Waals surface area contributed by atoms with Gasteiger partial charge in [-0.1, -0.05) is 24.3 Å². The minimum absolute atomic E-state index is 0.867. The molecule has 0 bridgehead atoms. The van der Waals surface area contributed by atoms with Gasteiger partial charge in [-0.3, -0.25) is 4.90 Å². The molecule has 0 aromatic heterocycles. The lowest BCUT2D eigenvalue weighted by Gasteiger charge is -2.15. The van der Waals surface area contributed by atoms with E-state index in [-0.39, 0.29) is 0 Å². The Hall–Kier alpha value is -1.80. The van der Waals surface area contributed by atoms with Crippen molar-refractivity contribution in [1.82, 2.24) is 4.90 Å². The quantitative estimate of drug-likeness (QED) is 0.830. The fourth-order valence-corrected chi connectivity index (χ4v) is 2.76. The van der Waals surface area contributed by atoms with Gasteiger partial charge in [0, 0.05) is 25.3 Å². The van der Waals surface area contributed by atoms with Crippen molar-refractivity contribution >= 4 is 5.69 Å². The summed E-state index contributed by atoms with van der Waals surface area (Å²) >= 11 is 0. The van der Waals surface area contributed by atoms with E-state index in [1.54, 1.807) is 0 Å². The molecule has 2 aromatic carbocycles. The first-order valence-corrected chi connectivity index (χ1v) is 6.77. The summed E-state index contributed by atoms with van der Waals surface area (Å²) in [5.41, 5.74) is 13.6. The number of hydrogen-bond donors (Lipinski definition) is 1. The van der Waals surface area contributed by atoms with Crippen LogP contribution in [0.25, 0.3) is 0 Å². The zero-order valence-electron chi connectivity index (χ0n) is 11.6. The Kier molecular flexibility index (Phi) is 3.03. The maximum absolute atomic E-state index is 5.85. The summed E-state index contributed by atoms with van der Waals surface area (Å²) in [6.07, 6.45) is 0. The highest BCUT2D eigenvalue weighted by Crippen LogP contribution is 2.26. The highest BCUT2D eigenvalue weighted by atomic mass is 15.1. The summed E-state index contributed by atoms with van der Waals surface area (Å²) in [6, 6.07) is 13.0. The van der Waals surface area contributed by atoms with Crippen LogP contribution in [0.15, 0.2) is 36.4 Å². The molecular weight excluding hydrogens is 232 g/mol. The van der Waals surface area contributed by atoms with Gasteiger partial charge in [-0.05, 0) is 53.8 Å². The van der Waals surface area contributed by atoms with Gasteiger partial charge in [-0.25, -0.2) is 0 Å². The van der Waals surface area contributed by atoms with Crippen molar-refractivity contribution in [2.75, 3.05) is 5.73 Å². The molecule has 0 saturated carbocycles. The van der Waals surface area contributed by atoms with E-state index >= 15 is 0 Å². The van der Waals surface area contributed by atoms with Crippen LogP contribution in [0, 0.1) is 13.8 Å². The van der Waals surface area contributed by atoms with Crippen LogP contribution >= 0.6 is 0 Å². The average molecular weight is 252 g/mol. The van der Waals surface area contributed by atoms with Gasteiger partial charge in [0.1, 0.15) is 0 Å². The Morgan fingerprint density at radius 3 is 2.53 bits per heavy atom. The first kappa shape index (κ1) is 12.2. The zero-order valence-corrected chi connectivity index (χ0v) is 11.6. The number of fused-ring (bicyclic) bond motifs is 1. The van der Waals surface area contributed by atoms with Crippen molar-refractivity contribution in [3.8, 4) is 0 Å². The Morgan fingerprint density at radius 2 is 1.74 bits per heavy atom. The second-order valence-corrected chi connectivity index (χ2v) is 5.59. The minimum atomic E-state index is 0.867. The molecule has 0 fully saturated rings. The fourth-order valence-electron chi connectivity index (χ4n) is 2.76. The van der Waals surface area contributed by atoms with E-state index in [2.05, 4.69) is 49.1 Å². The van der Waals surface area contributed by atoms with Crippen molar-refractivity contribution in [2.24, 2.45) is 0 Å². The van der Waals surface area contributed by atoms with Gasteiger partial charge in [-0.15, -0.1) is 0 Å². The maximum Gasteiger partial charge on any atom is 0.0317 e. The Labute approximate surface area is 114 Å². The first-order valence-electron chi connectivity index (χ1n) is 6.77. The van der Waals surface area contributed by atoms with E-state index in [4.69, 9.17) is 5.73 Å².